The van der Waals surface area contributed by atoms with Crippen LogP contribution in [0.1, 0.15) is 27.0 Å². The lowest BCUT2D eigenvalue weighted by Crippen LogP contribution is -2.07. The molecule has 0 aliphatic carbocycles. The quantitative estimate of drug-likeness (QED) is 0.406. The Morgan fingerprint density at radius 2 is 1.76 bits per heavy atom. The van der Waals surface area contributed by atoms with E-state index in [4.69, 9.17) is 4.74 Å². The topological polar surface area (TPSA) is 46.5 Å². The van der Waals surface area contributed by atoms with Crippen LogP contribution in [0.2, 0.25) is 0 Å². The number of benzene rings is 3. The number of ether oxygens (including phenoxy) is 1. The number of carbonyl (C=O) groups is 1. The Labute approximate surface area is 172 Å². The van der Waals surface area contributed by atoms with Crippen LogP contribution in [0.25, 0.3) is 21.9 Å². The Balaban J connectivity index is 1.85. The van der Waals surface area contributed by atoms with E-state index in [9.17, 15) is 14.3 Å². The Kier molecular flexibility index (Phi) is 5.07. The summed E-state index contributed by atoms with van der Waals surface area (Å²) in [5, 5.41) is 15.5. The first-order valence-electron chi connectivity index (χ1n) is 9.15. The predicted octanol–water partition coefficient (Wildman–Crippen LogP) is 6.60. The summed E-state index contributed by atoms with van der Waals surface area (Å²) in [6.07, 6.45) is 0. The van der Waals surface area contributed by atoms with Gasteiger partial charge in [-0.3, -0.25) is 0 Å². The minimum Gasteiger partial charge on any atom is -0.487 e. The fourth-order valence-electron chi connectivity index (χ4n) is 3.63. The van der Waals surface area contributed by atoms with Crippen molar-refractivity contribution in [3.8, 4) is 16.9 Å². The maximum absolute atomic E-state index is 13.6. The normalized spacial score (nSPS) is 11.0. The number of halogens is 1. The molecule has 0 radical (unpaired) electrons. The summed E-state index contributed by atoms with van der Waals surface area (Å²) in [6, 6.07) is 14.2. The number of thiophene rings is 1. The van der Waals surface area contributed by atoms with Crippen molar-refractivity contribution in [2.45, 2.75) is 20.5 Å². The minimum atomic E-state index is -1.05. The summed E-state index contributed by atoms with van der Waals surface area (Å²) in [6.45, 7) is 3.81. The lowest BCUT2D eigenvalue weighted by Gasteiger charge is -2.17. The summed E-state index contributed by atoms with van der Waals surface area (Å²) in [7, 11) is 0. The second-order valence-electron chi connectivity index (χ2n) is 6.97. The van der Waals surface area contributed by atoms with Gasteiger partial charge in [-0.2, -0.15) is 11.3 Å². The monoisotopic (exact) mass is 406 g/mol. The molecular weight excluding hydrogens is 387 g/mol. The Morgan fingerprint density at radius 3 is 2.38 bits per heavy atom. The molecule has 3 nitrogen and oxygen atoms in total. The highest BCUT2D eigenvalue weighted by molar-refractivity contribution is 7.08. The van der Waals surface area contributed by atoms with Crippen molar-refractivity contribution in [1.29, 1.82) is 0 Å². The van der Waals surface area contributed by atoms with E-state index >= 15 is 0 Å². The number of fused-ring (bicyclic) bond motifs is 1. The van der Waals surface area contributed by atoms with Gasteiger partial charge in [-0.05, 0) is 82.1 Å². The van der Waals surface area contributed by atoms with Crippen LogP contribution >= 0.6 is 11.3 Å². The van der Waals surface area contributed by atoms with E-state index in [1.54, 1.807) is 17.4 Å². The highest BCUT2D eigenvalue weighted by atomic mass is 32.1. The lowest BCUT2D eigenvalue weighted by atomic mass is 9.96. The standard InChI is InChI=1S/C24H19FO3S/c1-14-9-17(25)10-15(2)22(14)12-28-23-19-6-4-3-5-18(19)20(11-21(23)24(26)27)16-7-8-29-13-16/h3-11,13H,12H2,1-2H3,(H,26,27). The van der Waals surface area contributed by atoms with Crippen molar-refractivity contribution in [3.05, 3.63) is 87.4 Å². The molecule has 0 saturated heterocycles. The second kappa shape index (κ2) is 7.68. The second-order valence-corrected chi connectivity index (χ2v) is 7.75. The molecule has 0 amide bonds. The number of carboxylic acids is 1. The molecule has 0 atom stereocenters. The van der Waals surface area contributed by atoms with Crippen molar-refractivity contribution >= 4 is 28.1 Å². The van der Waals surface area contributed by atoms with E-state index in [1.165, 1.54) is 12.1 Å². The van der Waals surface area contributed by atoms with Crippen molar-refractivity contribution in [2.75, 3.05) is 0 Å². The smallest absolute Gasteiger partial charge is 0.339 e. The van der Waals surface area contributed by atoms with Gasteiger partial charge < -0.3 is 9.84 Å². The number of aryl methyl sites for hydroxylation is 2. The number of carboxylic acid groups (broad SMARTS) is 1. The Bertz CT molecular complexity index is 1190. The zero-order chi connectivity index (χ0) is 20.5. The van der Waals surface area contributed by atoms with E-state index in [2.05, 4.69) is 0 Å². The summed E-state index contributed by atoms with van der Waals surface area (Å²) in [5.41, 5.74) is 4.36. The van der Waals surface area contributed by atoms with Gasteiger partial charge in [0.15, 0.2) is 0 Å². The van der Waals surface area contributed by atoms with Gasteiger partial charge >= 0.3 is 5.97 Å². The van der Waals surface area contributed by atoms with Crippen molar-refractivity contribution < 1.29 is 19.0 Å². The van der Waals surface area contributed by atoms with Crippen LogP contribution < -0.4 is 4.74 Å². The van der Waals surface area contributed by atoms with Crippen molar-refractivity contribution in [2.24, 2.45) is 0 Å². The number of hydrogen-bond acceptors (Lipinski definition) is 3. The van der Waals surface area contributed by atoms with E-state index in [1.807, 2.05) is 54.9 Å². The molecule has 4 rings (SSSR count). The van der Waals surface area contributed by atoms with Crippen LogP contribution in [-0.2, 0) is 6.61 Å². The third-order valence-electron chi connectivity index (χ3n) is 5.08. The lowest BCUT2D eigenvalue weighted by molar-refractivity contribution is 0.0692. The van der Waals surface area contributed by atoms with Gasteiger partial charge in [0.2, 0.25) is 0 Å². The maximum atomic E-state index is 13.6. The molecular formula is C24H19FO3S. The number of aromatic carboxylic acids is 1. The van der Waals surface area contributed by atoms with Gasteiger partial charge in [0, 0.05) is 5.39 Å². The maximum Gasteiger partial charge on any atom is 0.339 e. The number of hydrogen-bond donors (Lipinski definition) is 1. The van der Waals surface area contributed by atoms with E-state index in [0.29, 0.717) is 5.75 Å². The molecule has 0 saturated carbocycles. The first-order valence-corrected chi connectivity index (χ1v) is 10.1. The van der Waals surface area contributed by atoms with Crippen LogP contribution in [0.5, 0.6) is 5.75 Å². The van der Waals surface area contributed by atoms with Gasteiger partial charge in [-0.15, -0.1) is 0 Å². The first kappa shape index (κ1) is 19.2. The molecule has 0 spiro atoms. The molecule has 0 aliphatic heterocycles. The molecule has 1 heterocycles. The fraction of sp³-hybridized carbons (Fsp3) is 0.125. The van der Waals surface area contributed by atoms with Gasteiger partial charge in [0.25, 0.3) is 0 Å². The Hall–Kier alpha value is -3.18. The van der Waals surface area contributed by atoms with Crippen LogP contribution in [0.3, 0.4) is 0 Å². The summed E-state index contributed by atoms with van der Waals surface area (Å²) < 4.78 is 19.7. The van der Waals surface area contributed by atoms with Gasteiger partial charge in [-0.25, -0.2) is 9.18 Å². The fourth-order valence-corrected chi connectivity index (χ4v) is 4.29. The largest absolute Gasteiger partial charge is 0.487 e. The highest BCUT2D eigenvalue weighted by Crippen LogP contribution is 2.39. The van der Waals surface area contributed by atoms with Crippen LogP contribution in [0.15, 0.2) is 59.3 Å². The molecule has 1 N–H and O–H groups in total. The average Bonchev–Trinajstić information content (AvgIpc) is 3.21. The van der Waals surface area contributed by atoms with Crippen LogP contribution in [-0.4, -0.2) is 11.1 Å². The molecule has 3 aromatic carbocycles. The van der Waals surface area contributed by atoms with Crippen molar-refractivity contribution in [1.82, 2.24) is 0 Å². The third-order valence-corrected chi connectivity index (χ3v) is 5.76. The van der Waals surface area contributed by atoms with Crippen LogP contribution in [0, 0.1) is 19.7 Å². The third kappa shape index (κ3) is 3.61. The molecule has 0 bridgehead atoms. The summed E-state index contributed by atoms with van der Waals surface area (Å²) >= 11 is 1.56. The highest BCUT2D eigenvalue weighted by Gasteiger charge is 2.20. The van der Waals surface area contributed by atoms with Crippen molar-refractivity contribution in [3.63, 3.8) is 0 Å². The summed E-state index contributed by atoms with van der Waals surface area (Å²) in [4.78, 5) is 12.1. The minimum absolute atomic E-state index is 0.113. The van der Waals surface area contributed by atoms with Gasteiger partial charge in [-0.1, -0.05) is 24.3 Å². The zero-order valence-corrected chi connectivity index (χ0v) is 16.8. The molecule has 0 fully saturated rings. The molecule has 29 heavy (non-hydrogen) atoms. The van der Waals surface area contributed by atoms with Gasteiger partial charge in [0.1, 0.15) is 23.7 Å². The number of rotatable bonds is 5. The molecule has 0 aliphatic rings. The zero-order valence-electron chi connectivity index (χ0n) is 16.0. The molecule has 0 unspecified atom stereocenters. The molecule has 146 valence electrons. The van der Waals surface area contributed by atoms with Crippen LogP contribution in [0.4, 0.5) is 4.39 Å². The van der Waals surface area contributed by atoms with Gasteiger partial charge in [0.05, 0.1) is 0 Å². The average molecular weight is 406 g/mol. The van der Waals surface area contributed by atoms with E-state index in [0.717, 1.165) is 38.6 Å². The summed E-state index contributed by atoms with van der Waals surface area (Å²) in [5.74, 6) is -1.01. The predicted molar refractivity (Wildman–Crippen MR) is 114 cm³/mol. The Morgan fingerprint density at radius 1 is 1.07 bits per heavy atom. The SMILES string of the molecule is Cc1cc(F)cc(C)c1COc1c(C(=O)O)cc(-c2ccsc2)c2ccccc12. The first-order chi connectivity index (χ1) is 14.0. The van der Waals surface area contributed by atoms with E-state index < -0.39 is 5.97 Å². The molecule has 4 aromatic rings. The molecule has 1 aromatic heterocycles. The molecule has 5 heteroatoms. The van der Waals surface area contributed by atoms with E-state index in [-0.39, 0.29) is 18.0 Å².